The molecule has 1 rings (SSSR count). The van der Waals surface area contributed by atoms with E-state index in [4.69, 9.17) is 0 Å². The second-order valence-electron chi connectivity index (χ2n) is 2.33. The van der Waals surface area contributed by atoms with E-state index in [9.17, 15) is 0 Å². The lowest BCUT2D eigenvalue weighted by atomic mass is 10.3. The summed E-state index contributed by atoms with van der Waals surface area (Å²) in [5.41, 5.74) is 1.21. The van der Waals surface area contributed by atoms with E-state index < -0.39 is 0 Å². The summed E-state index contributed by atoms with van der Waals surface area (Å²) < 4.78 is 0. The summed E-state index contributed by atoms with van der Waals surface area (Å²) in [7, 11) is 0. The Morgan fingerprint density at radius 1 is 1.30 bits per heavy atom. The van der Waals surface area contributed by atoms with Crippen molar-refractivity contribution >= 4 is 6.08 Å². The van der Waals surface area contributed by atoms with E-state index in [1.807, 2.05) is 26.0 Å². The molecule has 0 saturated carbocycles. The van der Waals surface area contributed by atoms with Crippen molar-refractivity contribution in [3.8, 4) is 0 Å². The first-order valence-electron chi connectivity index (χ1n) is 3.21. The van der Waals surface area contributed by atoms with E-state index in [1.54, 1.807) is 12.4 Å². The summed E-state index contributed by atoms with van der Waals surface area (Å²) in [6.07, 6.45) is 5.42. The van der Waals surface area contributed by atoms with Gasteiger partial charge in [-0.25, -0.2) is 9.97 Å². The van der Waals surface area contributed by atoms with Crippen LogP contribution < -0.4 is 0 Å². The third kappa shape index (κ3) is 1.97. The smallest absolute Gasteiger partial charge is 0.151 e. The van der Waals surface area contributed by atoms with E-state index in [-0.39, 0.29) is 0 Å². The lowest BCUT2D eigenvalue weighted by molar-refractivity contribution is 1.13. The van der Waals surface area contributed by atoms with Crippen molar-refractivity contribution in [2.45, 2.75) is 13.8 Å². The molecule has 10 heavy (non-hydrogen) atoms. The minimum atomic E-state index is 0.780. The fourth-order valence-corrected chi connectivity index (χ4v) is 0.643. The molecule has 0 radical (unpaired) electrons. The first kappa shape index (κ1) is 6.93. The zero-order valence-electron chi connectivity index (χ0n) is 6.20. The van der Waals surface area contributed by atoms with Gasteiger partial charge in [-0.15, -0.1) is 0 Å². The Balaban J connectivity index is 2.87. The molecule has 2 heteroatoms. The van der Waals surface area contributed by atoms with Crippen LogP contribution in [0.5, 0.6) is 0 Å². The molecule has 0 aliphatic heterocycles. The van der Waals surface area contributed by atoms with E-state index in [0.29, 0.717) is 0 Å². The summed E-state index contributed by atoms with van der Waals surface area (Å²) in [5, 5.41) is 0. The number of rotatable bonds is 1. The molecule has 1 aromatic rings. The van der Waals surface area contributed by atoms with E-state index in [1.165, 1.54) is 5.57 Å². The normalized spacial score (nSPS) is 9.00. The van der Waals surface area contributed by atoms with Crippen LogP contribution in [0, 0.1) is 0 Å². The summed E-state index contributed by atoms with van der Waals surface area (Å²) >= 11 is 0. The Hall–Kier alpha value is -1.18. The van der Waals surface area contributed by atoms with E-state index in [2.05, 4.69) is 9.97 Å². The van der Waals surface area contributed by atoms with Crippen LogP contribution in [0.1, 0.15) is 19.7 Å². The molecule has 1 aromatic heterocycles. The third-order valence-corrected chi connectivity index (χ3v) is 1.00. The van der Waals surface area contributed by atoms with Crippen LogP contribution in [0.2, 0.25) is 0 Å². The molecule has 52 valence electrons. The summed E-state index contributed by atoms with van der Waals surface area (Å²) in [5.74, 6) is 0.780. The molecule has 0 N–H and O–H groups in total. The highest BCUT2D eigenvalue weighted by Gasteiger charge is 1.85. The molecular weight excluding hydrogens is 124 g/mol. The molecule has 0 bridgehead atoms. The van der Waals surface area contributed by atoms with Crippen molar-refractivity contribution in [2.75, 3.05) is 0 Å². The van der Waals surface area contributed by atoms with Gasteiger partial charge in [0, 0.05) is 12.4 Å². The summed E-state index contributed by atoms with van der Waals surface area (Å²) in [6.45, 7) is 4.05. The zero-order chi connectivity index (χ0) is 7.40. The number of hydrogen-bond donors (Lipinski definition) is 0. The molecule has 0 unspecified atom stereocenters. The van der Waals surface area contributed by atoms with Gasteiger partial charge in [-0.3, -0.25) is 0 Å². The van der Waals surface area contributed by atoms with E-state index >= 15 is 0 Å². The van der Waals surface area contributed by atoms with Gasteiger partial charge in [0.05, 0.1) is 0 Å². The Bertz CT molecular complexity index is 222. The Morgan fingerprint density at radius 2 is 1.90 bits per heavy atom. The highest BCUT2D eigenvalue weighted by atomic mass is 14.8. The van der Waals surface area contributed by atoms with Crippen LogP contribution in [0.4, 0.5) is 0 Å². The van der Waals surface area contributed by atoms with Crippen molar-refractivity contribution in [3.05, 3.63) is 29.9 Å². The molecule has 0 aromatic carbocycles. The van der Waals surface area contributed by atoms with Gasteiger partial charge in [0.1, 0.15) is 0 Å². The fourth-order valence-electron chi connectivity index (χ4n) is 0.643. The molecule has 0 atom stereocenters. The highest BCUT2D eigenvalue weighted by molar-refractivity contribution is 5.42. The van der Waals surface area contributed by atoms with Gasteiger partial charge in [0.15, 0.2) is 5.82 Å². The molecule has 0 spiro atoms. The van der Waals surface area contributed by atoms with Gasteiger partial charge >= 0.3 is 0 Å². The third-order valence-electron chi connectivity index (χ3n) is 1.00. The zero-order valence-corrected chi connectivity index (χ0v) is 6.20. The molecule has 0 saturated heterocycles. The lowest BCUT2D eigenvalue weighted by Crippen LogP contribution is -1.83. The SMILES string of the molecule is CC(C)=Cc1ncccn1. The molecule has 0 aliphatic rings. The van der Waals surface area contributed by atoms with Crippen molar-refractivity contribution < 1.29 is 0 Å². The summed E-state index contributed by atoms with van der Waals surface area (Å²) in [6, 6.07) is 1.81. The van der Waals surface area contributed by atoms with Gasteiger partial charge in [0.2, 0.25) is 0 Å². The summed E-state index contributed by atoms with van der Waals surface area (Å²) in [4.78, 5) is 8.06. The molecule has 1 heterocycles. The maximum atomic E-state index is 4.03. The lowest BCUT2D eigenvalue weighted by Gasteiger charge is -1.89. The van der Waals surface area contributed by atoms with Gasteiger partial charge in [0.25, 0.3) is 0 Å². The monoisotopic (exact) mass is 134 g/mol. The standard InChI is InChI=1S/C8H10N2/c1-7(2)6-8-9-4-3-5-10-8/h3-6H,1-2H3. The Kier molecular flexibility index (Phi) is 2.15. The molecule has 0 aliphatic carbocycles. The Morgan fingerprint density at radius 3 is 2.40 bits per heavy atom. The first-order valence-corrected chi connectivity index (χ1v) is 3.21. The van der Waals surface area contributed by atoms with Gasteiger partial charge < -0.3 is 0 Å². The second kappa shape index (κ2) is 3.11. The van der Waals surface area contributed by atoms with E-state index in [0.717, 1.165) is 5.82 Å². The van der Waals surface area contributed by atoms with Gasteiger partial charge in [-0.05, 0) is 26.0 Å². The van der Waals surface area contributed by atoms with Crippen LogP contribution in [0.25, 0.3) is 6.08 Å². The predicted octanol–water partition coefficient (Wildman–Crippen LogP) is 1.90. The average Bonchev–Trinajstić information content (AvgIpc) is 1.88. The van der Waals surface area contributed by atoms with Crippen LogP contribution in [0.3, 0.4) is 0 Å². The Labute approximate surface area is 60.6 Å². The van der Waals surface area contributed by atoms with Crippen LogP contribution >= 0.6 is 0 Å². The van der Waals surface area contributed by atoms with Crippen molar-refractivity contribution in [1.29, 1.82) is 0 Å². The highest BCUT2D eigenvalue weighted by Crippen LogP contribution is 1.96. The topological polar surface area (TPSA) is 25.8 Å². The maximum Gasteiger partial charge on any atom is 0.151 e. The van der Waals surface area contributed by atoms with Crippen molar-refractivity contribution in [3.63, 3.8) is 0 Å². The largest absolute Gasteiger partial charge is 0.237 e. The maximum absolute atomic E-state index is 4.03. The molecule has 0 fully saturated rings. The second-order valence-corrected chi connectivity index (χ2v) is 2.33. The van der Waals surface area contributed by atoms with Gasteiger partial charge in [-0.1, -0.05) is 5.57 Å². The number of aromatic nitrogens is 2. The minimum absolute atomic E-state index is 0.780. The quantitative estimate of drug-likeness (QED) is 0.586. The number of nitrogens with zero attached hydrogens (tertiary/aromatic N) is 2. The first-order chi connectivity index (χ1) is 4.79. The molecule has 2 nitrogen and oxygen atoms in total. The number of allylic oxidation sites excluding steroid dienone is 1. The van der Waals surface area contributed by atoms with Crippen LogP contribution in [-0.2, 0) is 0 Å². The predicted molar refractivity (Wildman–Crippen MR) is 41.4 cm³/mol. The van der Waals surface area contributed by atoms with Crippen molar-refractivity contribution in [1.82, 2.24) is 9.97 Å². The van der Waals surface area contributed by atoms with Crippen LogP contribution in [-0.4, -0.2) is 9.97 Å². The molecular formula is C8H10N2. The van der Waals surface area contributed by atoms with Crippen LogP contribution in [0.15, 0.2) is 24.0 Å². The minimum Gasteiger partial charge on any atom is -0.237 e. The number of hydrogen-bond acceptors (Lipinski definition) is 2. The fraction of sp³-hybridized carbons (Fsp3) is 0.250. The average molecular weight is 134 g/mol. The van der Waals surface area contributed by atoms with Crippen molar-refractivity contribution in [2.24, 2.45) is 0 Å². The molecule has 0 amide bonds. The van der Waals surface area contributed by atoms with Gasteiger partial charge in [-0.2, -0.15) is 0 Å².